The number of hydrogen-bond acceptors (Lipinski definition) is 4. The van der Waals surface area contributed by atoms with Crippen LogP contribution in [-0.2, 0) is 0 Å². The topological polar surface area (TPSA) is 80.9 Å². The van der Waals surface area contributed by atoms with Gasteiger partial charge in [0, 0.05) is 0 Å². The maximum Gasteiger partial charge on any atom is 0.101 e. The van der Waals surface area contributed by atoms with E-state index in [1.807, 2.05) is 13.0 Å². The summed E-state index contributed by atoms with van der Waals surface area (Å²) in [7, 11) is 0. The van der Waals surface area contributed by atoms with E-state index in [2.05, 4.69) is 34.3 Å². The van der Waals surface area contributed by atoms with Gasteiger partial charge >= 0.3 is 0 Å². The Morgan fingerprint density at radius 2 is 1.78 bits per heavy atom. The van der Waals surface area contributed by atoms with E-state index in [1.54, 1.807) is 0 Å². The number of fused-ring (bicyclic) bond motifs is 5. The van der Waals surface area contributed by atoms with Crippen molar-refractivity contribution in [2.45, 2.75) is 110 Å². The lowest BCUT2D eigenvalue weighted by Gasteiger charge is -2.60. The Morgan fingerprint density at radius 3 is 2.44 bits per heavy atom. The van der Waals surface area contributed by atoms with Gasteiger partial charge in [0.1, 0.15) is 6.10 Å². The molecule has 4 rings (SSSR count). The van der Waals surface area contributed by atoms with Crippen molar-refractivity contribution in [3.63, 3.8) is 0 Å². The molecule has 32 heavy (non-hydrogen) atoms. The van der Waals surface area contributed by atoms with Crippen LogP contribution in [0.3, 0.4) is 0 Å². The molecule has 4 N–H and O–H groups in total. The molecule has 0 aromatic rings. The van der Waals surface area contributed by atoms with Crippen molar-refractivity contribution in [3.05, 3.63) is 23.8 Å². The second kappa shape index (κ2) is 8.22. The van der Waals surface area contributed by atoms with Gasteiger partial charge in [-0.15, -0.1) is 0 Å². The van der Waals surface area contributed by atoms with E-state index < -0.39 is 23.9 Å². The van der Waals surface area contributed by atoms with E-state index in [-0.39, 0.29) is 22.7 Å². The fourth-order valence-corrected chi connectivity index (χ4v) is 8.59. The Balaban J connectivity index is 1.59. The van der Waals surface area contributed by atoms with Gasteiger partial charge in [0.25, 0.3) is 0 Å². The minimum absolute atomic E-state index is 0.0132. The third-order valence-electron chi connectivity index (χ3n) is 10.7. The molecule has 0 heterocycles. The smallest absolute Gasteiger partial charge is 0.101 e. The Morgan fingerprint density at radius 1 is 1.09 bits per heavy atom. The average molecular weight is 447 g/mol. The van der Waals surface area contributed by atoms with Crippen molar-refractivity contribution in [1.29, 1.82) is 0 Å². The summed E-state index contributed by atoms with van der Waals surface area (Å²) in [4.78, 5) is 0. The maximum atomic E-state index is 11.6. The molecule has 0 amide bonds. The highest BCUT2D eigenvalue weighted by atomic mass is 16.3. The molecule has 0 aromatic heterocycles. The fraction of sp³-hybridized carbons (Fsp3) is 0.857. The third kappa shape index (κ3) is 3.65. The van der Waals surface area contributed by atoms with Crippen LogP contribution in [0.15, 0.2) is 23.8 Å². The molecule has 4 aliphatic carbocycles. The standard InChI is InChI=1S/C28H46O4/c1-16(2)17(3)9-14-28(6,32)23-8-7-18-24-19(10-12-27(18,23)5)26(4)13-11-21(29)25(31)20(26)15-22(24)30/h15-16,18-19,21-25,29-32H,3,7-14H2,1-2,4-6H3. The van der Waals surface area contributed by atoms with E-state index in [0.717, 1.165) is 50.5 Å². The molecule has 4 nitrogen and oxygen atoms in total. The molecule has 0 aliphatic heterocycles. The molecule has 0 spiro atoms. The van der Waals surface area contributed by atoms with Gasteiger partial charge in [-0.3, -0.25) is 0 Å². The first-order chi connectivity index (χ1) is 14.8. The predicted octanol–water partition coefficient (Wildman–Crippen LogP) is 4.61. The summed E-state index contributed by atoms with van der Waals surface area (Å²) >= 11 is 0. The van der Waals surface area contributed by atoms with E-state index in [0.29, 0.717) is 24.2 Å². The van der Waals surface area contributed by atoms with Gasteiger partial charge in [0.2, 0.25) is 0 Å². The van der Waals surface area contributed by atoms with Crippen LogP contribution in [0.4, 0.5) is 0 Å². The Bertz CT molecular complexity index is 769. The Kier molecular flexibility index (Phi) is 6.28. The lowest BCUT2D eigenvalue weighted by atomic mass is 9.46. The molecule has 10 unspecified atom stereocenters. The summed E-state index contributed by atoms with van der Waals surface area (Å²) < 4.78 is 0. The zero-order valence-electron chi connectivity index (χ0n) is 20.8. The minimum Gasteiger partial charge on any atom is -0.390 e. The minimum atomic E-state index is -0.858. The lowest BCUT2D eigenvalue weighted by Crippen LogP contribution is -2.58. The molecule has 4 aliphatic rings. The van der Waals surface area contributed by atoms with E-state index >= 15 is 0 Å². The van der Waals surface area contributed by atoms with Crippen LogP contribution in [-0.4, -0.2) is 44.3 Å². The first kappa shape index (κ1) is 24.4. The molecule has 4 heteroatoms. The van der Waals surface area contributed by atoms with E-state index in [4.69, 9.17) is 0 Å². The summed E-state index contributed by atoms with van der Waals surface area (Å²) in [6.07, 6.45) is 6.94. The van der Waals surface area contributed by atoms with Crippen LogP contribution < -0.4 is 0 Å². The summed E-state index contributed by atoms with van der Waals surface area (Å²) in [6.45, 7) is 15.2. The monoisotopic (exact) mass is 446 g/mol. The summed E-state index contributed by atoms with van der Waals surface area (Å²) in [5.41, 5.74) is 1.20. The zero-order valence-corrected chi connectivity index (χ0v) is 20.8. The van der Waals surface area contributed by atoms with Crippen molar-refractivity contribution in [1.82, 2.24) is 0 Å². The third-order valence-corrected chi connectivity index (χ3v) is 10.7. The quantitative estimate of drug-likeness (QED) is 0.465. The van der Waals surface area contributed by atoms with Crippen molar-refractivity contribution in [2.75, 3.05) is 0 Å². The second-order valence-electron chi connectivity index (χ2n) is 12.7. The van der Waals surface area contributed by atoms with E-state index in [9.17, 15) is 20.4 Å². The van der Waals surface area contributed by atoms with Gasteiger partial charge in [-0.1, -0.05) is 45.9 Å². The number of aliphatic hydroxyl groups excluding tert-OH is 3. The highest BCUT2D eigenvalue weighted by Gasteiger charge is 2.63. The fourth-order valence-electron chi connectivity index (χ4n) is 8.59. The number of aliphatic hydroxyl groups is 4. The molecular formula is C28H46O4. The van der Waals surface area contributed by atoms with Crippen molar-refractivity contribution >= 4 is 0 Å². The second-order valence-corrected chi connectivity index (χ2v) is 12.7. The Hall–Kier alpha value is -0.680. The highest BCUT2D eigenvalue weighted by molar-refractivity contribution is 5.31. The number of rotatable bonds is 5. The molecule has 0 bridgehead atoms. The first-order valence-corrected chi connectivity index (χ1v) is 13.0. The van der Waals surface area contributed by atoms with Crippen LogP contribution in [0, 0.1) is 40.4 Å². The van der Waals surface area contributed by atoms with E-state index in [1.165, 1.54) is 5.57 Å². The van der Waals surface area contributed by atoms with Crippen LogP contribution in [0.1, 0.15) is 86.0 Å². The summed E-state index contributed by atoms with van der Waals surface area (Å²) in [5, 5.41) is 43.9. The zero-order chi connectivity index (χ0) is 23.6. The van der Waals surface area contributed by atoms with Gasteiger partial charge in [0.15, 0.2) is 0 Å². The van der Waals surface area contributed by atoms with Gasteiger partial charge < -0.3 is 20.4 Å². The van der Waals surface area contributed by atoms with Gasteiger partial charge in [-0.05, 0) is 104 Å². The molecule has 3 saturated carbocycles. The predicted molar refractivity (Wildman–Crippen MR) is 128 cm³/mol. The molecule has 0 radical (unpaired) electrons. The van der Waals surface area contributed by atoms with Crippen LogP contribution in [0.5, 0.6) is 0 Å². The van der Waals surface area contributed by atoms with Crippen molar-refractivity contribution < 1.29 is 20.4 Å². The van der Waals surface area contributed by atoms with Crippen molar-refractivity contribution in [2.24, 2.45) is 40.4 Å². The van der Waals surface area contributed by atoms with Gasteiger partial charge in [-0.25, -0.2) is 0 Å². The van der Waals surface area contributed by atoms with Crippen LogP contribution in [0.2, 0.25) is 0 Å². The normalized spacial score (nSPS) is 47.8. The molecule has 0 aromatic carbocycles. The molecule has 3 fully saturated rings. The lowest BCUT2D eigenvalue weighted by molar-refractivity contribution is -0.132. The molecular weight excluding hydrogens is 400 g/mol. The maximum absolute atomic E-state index is 11.6. The first-order valence-electron chi connectivity index (χ1n) is 13.0. The van der Waals surface area contributed by atoms with Gasteiger partial charge in [-0.2, -0.15) is 0 Å². The number of allylic oxidation sites excluding steroid dienone is 1. The van der Waals surface area contributed by atoms with Gasteiger partial charge in [0.05, 0.1) is 17.8 Å². The SMILES string of the molecule is C=C(CCC(C)(O)C1CCC2C3C(O)C=C4C(O)C(O)CCC4(C)C3CCC21C)C(C)C. The van der Waals surface area contributed by atoms with Crippen LogP contribution in [0.25, 0.3) is 0 Å². The van der Waals surface area contributed by atoms with Crippen molar-refractivity contribution in [3.8, 4) is 0 Å². The number of hydrogen-bond donors (Lipinski definition) is 4. The molecule has 182 valence electrons. The summed E-state index contributed by atoms with van der Waals surface area (Å²) in [6, 6.07) is 0. The average Bonchev–Trinajstić information content (AvgIpc) is 3.09. The molecule has 0 saturated heterocycles. The largest absolute Gasteiger partial charge is 0.390 e. The molecule has 10 atom stereocenters. The summed E-state index contributed by atoms with van der Waals surface area (Å²) in [5.74, 6) is 1.53. The van der Waals surface area contributed by atoms with Crippen LogP contribution >= 0.6 is 0 Å². The Labute approximate surface area is 194 Å². The highest BCUT2D eigenvalue weighted by Crippen LogP contribution is 2.67.